The van der Waals surface area contributed by atoms with Crippen molar-refractivity contribution in [2.24, 2.45) is 0 Å². The molecule has 0 unspecified atom stereocenters. The summed E-state index contributed by atoms with van der Waals surface area (Å²) in [5, 5.41) is 2.06. The molecule has 0 radical (unpaired) electrons. The van der Waals surface area contributed by atoms with Crippen LogP contribution in [0.4, 0.5) is 18.9 Å². The Morgan fingerprint density at radius 2 is 1.64 bits per heavy atom. The summed E-state index contributed by atoms with van der Waals surface area (Å²) in [6, 6.07) is 8.80. The Balaban J connectivity index is 1.85. The first-order valence-electron chi connectivity index (χ1n) is 7.55. The molecular formula is C18H16F3NO3. The highest BCUT2D eigenvalue weighted by molar-refractivity contribution is 5.95. The maximum Gasteiger partial charge on any atom is 0.306 e. The van der Waals surface area contributed by atoms with E-state index in [1.165, 1.54) is 25.1 Å². The number of halogens is 3. The molecule has 0 saturated heterocycles. The lowest BCUT2D eigenvalue weighted by molar-refractivity contribution is -0.153. The van der Waals surface area contributed by atoms with E-state index in [2.05, 4.69) is 5.32 Å². The van der Waals surface area contributed by atoms with E-state index in [9.17, 15) is 22.8 Å². The van der Waals surface area contributed by atoms with Crippen LogP contribution in [0.1, 0.15) is 18.9 Å². The summed E-state index contributed by atoms with van der Waals surface area (Å²) in [5.41, 5.74) is 0.144. The SMILES string of the molecule is C[C@H](OC(=O)CCc1ccc(F)cc1)C(=O)Nc1c(F)cccc1F. The van der Waals surface area contributed by atoms with Gasteiger partial charge in [-0.2, -0.15) is 0 Å². The van der Waals surface area contributed by atoms with Crippen LogP contribution in [-0.2, 0) is 20.7 Å². The van der Waals surface area contributed by atoms with Crippen LogP contribution in [-0.4, -0.2) is 18.0 Å². The number of hydrogen-bond acceptors (Lipinski definition) is 3. The third kappa shape index (κ3) is 5.34. The molecule has 2 aromatic carbocycles. The molecule has 25 heavy (non-hydrogen) atoms. The lowest BCUT2D eigenvalue weighted by Crippen LogP contribution is -2.30. The van der Waals surface area contributed by atoms with Crippen LogP contribution < -0.4 is 5.32 Å². The molecule has 2 aromatic rings. The zero-order valence-electron chi connectivity index (χ0n) is 13.4. The molecular weight excluding hydrogens is 335 g/mol. The summed E-state index contributed by atoms with van der Waals surface area (Å²) < 4.78 is 44.7. The normalized spacial score (nSPS) is 11.7. The molecule has 0 saturated carbocycles. The molecule has 7 heteroatoms. The predicted molar refractivity (Wildman–Crippen MR) is 85.3 cm³/mol. The Bertz CT molecular complexity index is 742. The van der Waals surface area contributed by atoms with Gasteiger partial charge in [-0.3, -0.25) is 9.59 Å². The fourth-order valence-electron chi connectivity index (χ4n) is 2.05. The number of benzene rings is 2. The first-order chi connectivity index (χ1) is 11.9. The van der Waals surface area contributed by atoms with Crippen LogP contribution >= 0.6 is 0 Å². The standard InChI is InChI=1S/C18H16F3NO3/c1-11(18(24)22-17-14(20)3-2-4-15(17)21)25-16(23)10-7-12-5-8-13(19)9-6-12/h2-6,8-9,11H,7,10H2,1H3,(H,22,24)/t11-/m0/s1. The van der Waals surface area contributed by atoms with Gasteiger partial charge in [-0.25, -0.2) is 13.2 Å². The minimum absolute atomic E-state index is 0.0166. The third-order valence-electron chi connectivity index (χ3n) is 3.42. The molecule has 132 valence electrons. The van der Waals surface area contributed by atoms with Gasteiger partial charge in [0, 0.05) is 6.42 Å². The van der Waals surface area contributed by atoms with Gasteiger partial charge in [0.15, 0.2) is 6.10 Å². The second-order valence-electron chi connectivity index (χ2n) is 5.34. The molecule has 2 rings (SSSR count). The zero-order valence-corrected chi connectivity index (χ0v) is 13.4. The molecule has 1 atom stereocenters. The van der Waals surface area contributed by atoms with E-state index < -0.39 is 35.3 Å². The van der Waals surface area contributed by atoms with Gasteiger partial charge >= 0.3 is 5.97 Å². The van der Waals surface area contributed by atoms with Gasteiger partial charge in [0.05, 0.1) is 0 Å². The Kier molecular flexibility index (Phi) is 6.16. The van der Waals surface area contributed by atoms with E-state index in [0.29, 0.717) is 6.42 Å². The number of rotatable bonds is 6. The van der Waals surface area contributed by atoms with Crippen molar-refractivity contribution < 1.29 is 27.5 Å². The molecule has 0 spiro atoms. The second kappa shape index (κ2) is 8.32. The monoisotopic (exact) mass is 351 g/mol. The average molecular weight is 351 g/mol. The first kappa shape index (κ1) is 18.5. The Hall–Kier alpha value is -2.83. The molecule has 4 nitrogen and oxygen atoms in total. The zero-order chi connectivity index (χ0) is 18.4. The van der Waals surface area contributed by atoms with E-state index in [-0.39, 0.29) is 12.2 Å². The molecule has 0 fully saturated rings. The largest absolute Gasteiger partial charge is 0.453 e. The maximum atomic E-state index is 13.5. The van der Waals surface area contributed by atoms with Gasteiger partial charge in [-0.05, 0) is 43.2 Å². The number of nitrogens with one attached hydrogen (secondary N) is 1. The van der Waals surface area contributed by atoms with Crippen LogP contribution in [0.3, 0.4) is 0 Å². The van der Waals surface area contributed by atoms with Gasteiger partial charge < -0.3 is 10.1 Å². The summed E-state index contributed by atoms with van der Waals surface area (Å²) in [4.78, 5) is 23.7. The van der Waals surface area contributed by atoms with Crippen molar-refractivity contribution in [3.8, 4) is 0 Å². The number of anilines is 1. The van der Waals surface area contributed by atoms with Crippen LogP contribution in [0.5, 0.6) is 0 Å². The van der Waals surface area contributed by atoms with Crippen LogP contribution in [0.2, 0.25) is 0 Å². The molecule has 0 aromatic heterocycles. The van der Waals surface area contributed by atoms with Gasteiger partial charge in [0.2, 0.25) is 0 Å². The van der Waals surface area contributed by atoms with Crippen LogP contribution in [0, 0.1) is 17.5 Å². The minimum atomic E-state index is -1.22. The van der Waals surface area contributed by atoms with E-state index in [4.69, 9.17) is 4.74 Å². The van der Waals surface area contributed by atoms with Crippen LogP contribution in [0.25, 0.3) is 0 Å². The average Bonchev–Trinajstić information content (AvgIpc) is 2.57. The highest BCUT2D eigenvalue weighted by atomic mass is 19.1. The fraction of sp³-hybridized carbons (Fsp3) is 0.222. The Labute approximate surface area is 142 Å². The number of hydrogen-bond donors (Lipinski definition) is 1. The Morgan fingerprint density at radius 3 is 2.24 bits per heavy atom. The molecule has 0 bridgehead atoms. The second-order valence-corrected chi connectivity index (χ2v) is 5.34. The summed E-state index contributed by atoms with van der Waals surface area (Å²) in [5.74, 6) is -3.73. The van der Waals surface area contributed by atoms with Crippen molar-refractivity contribution in [2.75, 3.05) is 5.32 Å². The van der Waals surface area contributed by atoms with Crippen molar-refractivity contribution in [3.05, 3.63) is 65.5 Å². The number of amides is 1. The molecule has 0 aliphatic rings. The van der Waals surface area contributed by atoms with Gasteiger partial charge in [0.25, 0.3) is 5.91 Å². The summed E-state index contributed by atoms with van der Waals surface area (Å²) >= 11 is 0. The molecule has 0 aliphatic carbocycles. The van der Waals surface area contributed by atoms with Crippen LogP contribution in [0.15, 0.2) is 42.5 Å². The van der Waals surface area contributed by atoms with Crippen molar-refractivity contribution in [1.82, 2.24) is 0 Å². The van der Waals surface area contributed by atoms with E-state index in [0.717, 1.165) is 17.7 Å². The topological polar surface area (TPSA) is 55.4 Å². The van der Waals surface area contributed by atoms with Crippen molar-refractivity contribution in [3.63, 3.8) is 0 Å². The highest BCUT2D eigenvalue weighted by Gasteiger charge is 2.20. The molecule has 0 heterocycles. The fourth-order valence-corrected chi connectivity index (χ4v) is 2.05. The minimum Gasteiger partial charge on any atom is -0.453 e. The number of para-hydroxylation sites is 1. The lowest BCUT2D eigenvalue weighted by Gasteiger charge is -2.14. The number of aryl methyl sites for hydroxylation is 1. The molecule has 0 aliphatic heterocycles. The van der Waals surface area contributed by atoms with Crippen molar-refractivity contribution in [2.45, 2.75) is 25.9 Å². The predicted octanol–water partition coefficient (Wildman–Crippen LogP) is 3.61. The lowest BCUT2D eigenvalue weighted by atomic mass is 10.1. The summed E-state index contributed by atoms with van der Waals surface area (Å²) in [6.45, 7) is 1.30. The number of carbonyl (C=O) groups is 2. The Morgan fingerprint density at radius 1 is 1.04 bits per heavy atom. The van der Waals surface area contributed by atoms with Gasteiger partial charge in [-0.1, -0.05) is 18.2 Å². The molecule has 1 amide bonds. The third-order valence-corrected chi connectivity index (χ3v) is 3.42. The number of ether oxygens (including phenoxy) is 1. The van der Waals surface area contributed by atoms with E-state index in [1.54, 1.807) is 12.1 Å². The highest BCUT2D eigenvalue weighted by Crippen LogP contribution is 2.18. The maximum absolute atomic E-state index is 13.5. The van der Waals surface area contributed by atoms with E-state index in [1.807, 2.05) is 0 Å². The quantitative estimate of drug-likeness (QED) is 0.809. The van der Waals surface area contributed by atoms with Gasteiger partial charge in [-0.15, -0.1) is 0 Å². The number of esters is 1. The smallest absolute Gasteiger partial charge is 0.306 e. The molecule has 1 N–H and O–H groups in total. The number of carbonyl (C=O) groups excluding carboxylic acids is 2. The van der Waals surface area contributed by atoms with Gasteiger partial charge in [0.1, 0.15) is 23.1 Å². The van der Waals surface area contributed by atoms with Crippen molar-refractivity contribution >= 4 is 17.6 Å². The summed E-state index contributed by atoms with van der Waals surface area (Å²) in [6.07, 6.45) is -0.924. The summed E-state index contributed by atoms with van der Waals surface area (Å²) in [7, 11) is 0. The van der Waals surface area contributed by atoms with E-state index >= 15 is 0 Å². The first-order valence-corrected chi connectivity index (χ1v) is 7.55. The van der Waals surface area contributed by atoms with Crippen molar-refractivity contribution in [1.29, 1.82) is 0 Å².